The molecule has 0 unspecified atom stereocenters. The van der Waals surface area contributed by atoms with E-state index >= 15 is 0 Å². The number of pyridine rings is 1. The fourth-order valence-electron chi connectivity index (χ4n) is 1.72. The summed E-state index contributed by atoms with van der Waals surface area (Å²) in [6.07, 6.45) is 3.49. The van der Waals surface area contributed by atoms with E-state index in [0.29, 0.717) is 12.4 Å². The number of rotatable bonds is 4. The number of hydrogen-bond donors (Lipinski definition) is 2. The summed E-state index contributed by atoms with van der Waals surface area (Å²) in [5, 5.41) is 6.31. The van der Waals surface area contributed by atoms with Crippen LogP contribution in [0.3, 0.4) is 0 Å². The minimum Gasteiger partial charge on any atom is -0.382 e. The zero-order valence-electron chi connectivity index (χ0n) is 9.91. The number of hydrogen-bond acceptors (Lipinski definition) is 7. The van der Waals surface area contributed by atoms with Gasteiger partial charge in [0.25, 0.3) is 0 Å². The number of thiazole rings is 1. The third-order valence-electron chi connectivity index (χ3n) is 2.60. The van der Waals surface area contributed by atoms with Crippen molar-refractivity contribution in [3.8, 4) is 11.1 Å². The van der Waals surface area contributed by atoms with Gasteiger partial charge in [-0.25, -0.2) is 4.98 Å². The second kappa shape index (κ2) is 5.33. The highest BCUT2D eigenvalue weighted by Gasteiger charge is 2.13. The Morgan fingerprint density at radius 2 is 2.11 bits per heavy atom. The summed E-state index contributed by atoms with van der Waals surface area (Å²) in [5.41, 5.74) is 10.7. The van der Waals surface area contributed by atoms with Gasteiger partial charge in [-0.1, -0.05) is 0 Å². The van der Waals surface area contributed by atoms with Crippen molar-refractivity contribution in [1.29, 1.82) is 0 Å². The summed E-state index contributed by atoms with van der Waals surface area (Å²) in [5.74, 6) is 0.539. The molecule has 0 aliphatic rings. The summed E-state index contributed by atoms with van der Waals surface area (Å²) in [7, 11) is 0. The Morgan fingerprint density at radius 3 is 2.84 bits per heavy atom. The van der Waals surface area contributed by atoms with Gasteiger partial charge < -0.3 is 11.1 Å². The van der Waals surface area contributed by atoms with Crippen molar-refractivity contribution in [2.24, 2.45) is 0 Å². The lowest BCUT2D eigenvalue weighted by Crippen LogP contribution is -1.99. The second-order valence-electron chi connectivity index (χ2n) is 3.84. The van der Waals surface area contributed by atoms with Gasteiger partial charge >= 0.3 is 0 Å². The third-order valence-corrected chi connectivity index (χ3v) is 4.06. The Morgan fingerprint density at radius 1 is 1.26 bits per heavy atom. The second-order valence-corrected chi connectivity index (χ2v) is 5.33. The fourth-order valence-corrected chi connectivity index (χ4v) is 3.01. The Bertz CT molecular complexity index is 648. The van der Waals surface area contributed by atoms with E-state index < -0.39 is 0 Å². The molecule has 3 N–H and O–H groups in total. The quantitative estimate of drug-likeness (QED) is 0.772. The van der Waals surface area contributed by atoms with Crippen molar-refractivity contribution in [2.75, 3.05) is 11.1 Å². The molecule has 3 aromatic heterocycles. The van der Waals surface area contributed by atoms with E-state index in [1.54, 1.807) is 23.7 Å². The molecule has 0 aliphatic carbocycles. The molecule has 5 nitrogen and oxygen atoms in total. The van der Waals surface area contributed by atoms with E-state index in [1.165, 1.54) is 11.5 Å². The molecular weight excluding hydrogens is 278 g/mol. The van der Waals surface area contributed by atoms with Gasteiger partial charge in [-0.2, -0.15) is 4.37 Å². The number of nitrogens with two attached hydrogens (primary N) is 1. The summed E-state index contributed by atoms with van der Waals surface area (Å²) < 4.78 is 4.21. The lowest BCUT2D eigenvalue weighted by molar-refractivity contribution is 1.08. The van der Waals surface area contributed by atoms with Crippen LogP contribution in [0.25, 0.3) is 11.1 Å². The van der Waals surface area contributed by atoms with Gasteiger partial charge in [-0.15, -0.1) is 11.3 Å². The zero-order valence-corrected chi connectivity index (χ0v) is 11.5. The number of aromatic nitrogens is 3. The first-order valence-electron chi connectivity index (χ1n) is 5.61. The average Bonchev–Trinajstić information content (AvgIpc) is 3.07. The van der Waals surface area contributed by atoms with Crippen molar-refractivity contribution < 1.29 is 0 Å². The van der Waals surface area contributed by atoms with Crippen LogP contribution < -0.4 is 11.1 Å². The van der Waals surface area contributed by atoms with E-state index in [2.05, 4.69) is 19.7 Å². The molecule has 0 aromatic carbocycles. The van der Waals surface area contributed by atoms with Crippen LogP contribution in [0.5, 0.6) is 0 Å². The van der Waals surface area contributed by atoms with Gasteiger partial charge in [0.05, 0.1) is 23.3 Å². The smallest absolute Gasteiger partial charge is 0.147 e. The van der Waals surface area contributed by atoms with Crippen molar-refractivity contribution >= 4 is 33.7 Å². The van der Waals surface area contributed by atoms with Crippen molar-refractivity contribution in [3.05, 3.63) is 41.1 Å². The standard InChI is InChI=1S/C12H11N5S2/c13-11-10(8-1-3-14-4-2-8)12(19-17-11)15-5-9-6-18-7-16-9/h1-4,6-7,15H,5H2,(H2,13,17). The molecule has 0 radical (unpaired) electrons. The maximum absolute atomic E-state index is 5.95. The van der Waals surface area contributed by atoms with Gasteiger partial charge in [0.1, 0.15) is 10.8 Å². The zero-order chi connectivity index (χ0) is 13.1. The molecule has 0 spiro atoms. The van der Waals surface area contributed by atoms with Crippen molar-refractivity contribution in [1.82, 2.24) is 14.3 Å². The number of nitrogens with one attached hydrogen (secondary N) is 1. The highest BCUT2D eigenvalue weighted by molar-refractivity contribution is 7.11. The lowest BCUT2D eigenvalue weighted by atomic mass is 10.1. The number of anilines is 2. The van der Waals surface area contributed by atoms with Gasteiger partial charge in [-0.05, 0) is 29.2 Å². The maximum Gasteiger partial charge on any atom is 0.147 e. The Balaban J connectivity index is 1.87. The number of nitrogen functional groups attached to an aromatic ring is 1. The molecule has 0 amide bonds. The van der Waals surface area contributed by atoms with Crippen LogP contribution in [-0.2, 0) is 6.54 Å². The van der Waals surface area contributed by atoms with Crippen molar-refractivity contribution in [2.45, 2.75) is 6.54 Å². The number of nitrogens with zero attached hydrogens (tertiary/aromatic N) is 3. The maximum atomic E-state index is 5.95. The minimum absolute atomic E-state index is 0.539. The Labute approximate surface area is 118 Å². The summed E-state index contributed by atoms with van der Waals surface area (Å²) in [4.78, 5) is 8.25. The van der Waals surface area contributed by atoms with E-state index in [9.17, 15) is 0 Å². The first-order chi connectivity index (χ1) is 9.34. The molecule has 3 aromatic rings. The molecule has 0 saturated carbocycles. The van der Waals surface area contributed by atoms with Crippen LogP contribution in [0.4, 0.5) is 10.8 Å². The van der Waals surface area contributed by atoms with E-state index in [4.69, 9.17) is 5.73 Å². The SMILES string of the molecule is Nc1nsc(NCc2cscn2)c1-c1ccncc1. The third kappa shape index (κ3) is 2.56. The van der Waals surface area contributed by atoms with E-state index in [1.807, 2.05) is 23.0 Å². The summed E-state index contributed by atoms with van der Waals surface area (Å²) in [6, 6.07) is 3.85. The van der Waals surface area contributed by atoms with Crippen LogP contribution in [0.1, 0.15) is 5.69 Å². The van der Waals surface area contributed by atoms with Crippen molar-refractivity contribution in [3.63, 3.8) is 0 Å². The van der Waals surface area contributed by atoms with Crippen LogP contribution >= 0.6 is 22.9 Å². The highest BCUT2D eigenvalue weighted by Crippen LogP contribution is 2.36. The van der Waals surface area contributed by atoms with Gasteiger partial charge in [0.15, 0.2) is 0 Å². The highest BCUT2D eigenvalue weighted by atomic mass is 32.1. The average molecular weight is 289 g/mol. The largest absolute Gasteiger partial charge is 0.382 e. The Hall–Kier alpha value is -1.99. The molecule has 0 saturated heterocycles. The molecule has 19 heavy (non-hydrogen) atoms. The molecule has 96 valence electrons. The normalized spacial score (nSPS) is 10.5. The molecule has 0 aliphatic heterocycles. The fraction of sp³-hybridized carbons (Fsp3) is 0.0833. The predicted octanol–water partition coefficient (Wildman–Crippen LogP) is 2.86. The predicted molar refractivity (Wildman–Crippen MR) is 79.2 cm³/mol. The van der Waals surface area contributed by atoms with Crippen LogP contribution in [-0.4, -0.2) is 14.3 Å². The molecule has 7 heteroatoms. The lowest BCUT2D eigenvalue weighted by Gasteiger charge is -2.05. The summed E-state index contributed by atoms with van der Waals surface area (Å²) >= 11 is 2.95. The van der Waals surface area contributed by atoms with E-state index in [0.717, 1.165) is 21.8 Å². The minimum atomic E-state index is 0.539. The topological polar surface area (TPSA) is 76.7 Å². The van der Waals surface area contributed by atoms with Crippen LogP contribution in [0, 0.1) is 0 Å². The molecule has 0 fully saturated rings. The van der Waals surface area contributed by atoms with Crippen LogP contribution in [0.15, 0.2) is 35.4 Å². The molecule has 3 heterocycles. The Kier molecular flexibility index (Phi) is 3.39. The van der Waals surface area contributed by atoms with Crippen LogP contribution in [0.2, 0.25) is 0 Å². The van der Waals surface area contributed by atoms with E-state index in [-0.39, 0.29) is 0 Å². The van der Waals surface area contributed by atoms with Gasteiger partial charge in [-0.3, -0.25) is 4.98 Å². The monoisotopic (exact) mass is 289 g/mol. The summed E-state index contributed by atoms with van der Waals surface area (Å²) in [6.45, 7) is 0.670. The molecule has 0 bridgehead atoms. The first-order valence-corrected chi connectivity index (χ1v) is 7.32. The molecule has 0 atom stereocenters. The van der Waals surface area contributed by atoms with Gasteiger partial charge in [0.2, 0.25) is 0 Å². The molecule has 3 rings (SSSR count). The van der Waals surface area contributed by atoms with Gasteiger partial charge in [0, 0.05) is 17.8 Å². The molecular formula is C12H11N5S2. The first kappa shape index (κ1) is 12.1.